The Kier molecular flexibility index (Phi) is 4.41. The molecule has 0 bridgehead atoms. The monoisotopic (exact) mass is 373 g/mol. The molecule has 26 heavy (non-hydrogen) atoms. The van der Waals surface area contributed by atoms with Crippen molar-refractivity contribution in [2.24, 2.45) is 0 Å². The summed E-state index contributed by atoms with van der Waals surface area (Å²) < 4.78 is 17.5. The topological polar surface area (TPSA) is 56.8 Å². The summed E-state index contributed by atoms with van der Waals surface area (Å²) in [5.74, 6) is 1.13. The Morgan fingerprint density at radius 2 is 1.92 bits per heavy atom. The van der Waals surface area contributed by atoms with Crippen molar-refractivity contribution in [3.63, 3.8) is 0 Å². The van der Waals surface area contributed by atoms with Crippen LogP contribution >= 0.6 is 11.6 Å². The molecule has 1 heterocycles. The molecule has 2 aromatic carbocycles. The van der Waals surface area contributed by atoms with E-state index in [2.05, 4.69) is 5.32 Å². The summed E-state index contributed by atoms with van der Waals surface area (Å²) in [6.45, 7) is 1.81. The van der Waals surface area contributed by atoms with Gasteiger partial charge in [-0.2, -0.15) is 0 Å². The van der Waals surface area contributed by atoms with E-state index in [9.17, 15) is 4.79 Å². The van der Waals surface area contributed by atoms with Gasteiger partial charge in [0.25, 0.3) is 11.7 Å². The molecule has 0 unspecified atom stereocenters. The fourth-order valence-corrected chi connectivity index (χ4v) is 3.52. The highest BCUT2D eigenvalue weighted by Crippen LogP contribution is 2.47. The van der Waals surface area contributed by atoms with Crippen molar-refractivity contribution in [2.45, 2.75) is 38.4 Å². The molecule has 1 aliphatic heterocycles. The minimum atomic E-state index is -0.504. The van der Waals surface area contributed by atoms with Crippen LogP contribution in [-0.4, -0.2) is 18.3 Å². The number of rotatable bonds is 4. The van der Waals surface area contributed by atoms with Crippen LogP contribution in [0.1, 0.15) is 31.2 Å². The number of carbonyl (C=O) groups excluding carboxylic acids is 1. The van der Waals surface area contributed by atoms with Gasteiger partial charge in [0.2, 0.25) is 0 Å². The first kappa shape index (κ1) is 17.0. The van der Waals surface area contributed by atoms with Crippen LogP contribution in [0.15, 0.2) is 36.4 Å². The quantitative estimate of drug-likeness (QED) is 0.843. The number of hydrogen-bond acceptors (Lipinski definition) is 4. The lowest BCUT2D eigenvalue weighted by Crippen LogP contribution is -2.34. The number of aryl methyl sites for hydroxylation is 1. The summed E-state index contributed by atoms with van der Waals surface area (Å²) >= 11 is 6.08. The van der Waals surface area contributed by atoms with Gasteiger partial charge in [-0.15, -0.1) is 0 Å². The van der Waals surface area contributed by atoms with Crippen LogP contribution < -0.4 is 19.5 Å². The van der Waals surface area contributed by atoms with Gasteiger partial charge in [-0.1, -0.05) is 17.7 Å². The Labute approximate surface area is 157 Å². The Hall–Kier alpha value is -2.40. The number of amides is 1. The maximum atomic E-state index is 12.2. The summed E-state index contributed by atoms with van der Waals surface area (Å²) in [5.41, 5.74) is 1.66. The second-order valence-electron chi connectivity index (χ2n) is 6.75. The number of carbonyl (C=O) groups is 1. The van der Waals surface area contributed by atoms with Crippen LogP contribution in [0.25, 0.3) is 0 Å². The van der Waals surface area contributed by atoms with Crippen LogP contribution in [0, 0.1) is 6.92 Å². The third kappa shape index (κ3) is 3.44. The van der Waals surface area contributed by atoms with Gasteiger partial charge in [0.05, 0.1) is 5.02 Å². The molecule has 0 aromatic heterocycles. The highest BCUT2D eigenvalue weighted by molar-refractivity contribution is 6.32. The van der Waals surface area contributed by atoms with Crippen LogP contribution in [0.4, 0.5) is 5.69 Å². The second kappa shape index (κ2) is 6.72. The summed E-state index contributed by atoms with van der Waals surface area (Å²) in [6.07, 6.45) is 4.01. The molecule has 1 N–H and O–H groups in total. The van der Waals surface area contributed by atoms with Gasteiger partial charge in [-0.3, -0.25) is 4.79 Å². The van der Waals surface area contributed by atoms with Crippen molar-refractivity contribution in [3.8, 4) is 17.2 Å². The molecule has 2 aliphatic rings. The van der Waals surface area contributed by atoms with Crippen molar-refractivity contribution in [2.75, 3.05) is 11.9 Å². The van der Waals surface area contributed by atoms with Gasteiger partial charge in [0.15, 0.2) is 18.1 Å². The lowest BCUT2D eigenvalue weighted by Gasteiger charge is -2.21. The van der Waals surface area contributed by atoms with E-state index in [1.54, 1.807) is 24.3 Å². The minimum absolute atomic E-state index is 0.123. The molecule has 1 amide bonds. The zero-order valence-corrected chi connectivity index (χ0v) is 15.3. The molecule has 4 rings (SSSR count). The molecule has 6 heteroatoms. The van der Waals surface area contributed by atoms with Crippen LogP contribution in [-0.2, 0) is 4.79 Å². The SMILES string of the molecule is Cc1ccc(Cl)c(OCC(=O)Nc2ccc3c(c2)OC2(CCCC2)O3)c1. The van der Waals surface area contributed by atoms with E-state index in [4.69, 9.17) is 25.8 Å². The zero-order chi connectivity index (χ0) is 18.1. The summed E-state index contributed by atoms with van der Waals surface area (Å²) in [6, 6.07) is 10.9. The van der Waals surface area contributed by atoms with Crippen LogP contribution in [0.3, 0.4) is 0 Å². The number of ether oxygens (including phenoxy) is 3. The average molecular weight is 374 g/mol. The fraction of sp³-hybridized carbons (Fsp3) is 0.350. The molecule has 1 fully saturated rings. The first-order chi connectivity index (χ1) is 12.5. The van der Waals surface area contributed by atoms with Crippen molar-refractivity contribution in [1.29, 1.82) is 0 Å². The minimum Gasteiger partial charge on any atom is -0.482 e. The summed E-state index contributed by atoms with van der Waals surface area (Å²) in [7, 11) is 0. The number of hydrogen-bond donors (Lipinski definition) is 1. The summed E-state index contributed by atoms with van der Waals surface area (Å²) in [5, 5.41) is 3.29. The number of halogens is 1. The Balaban J connectivity index is 1.38. The molecule has 0 saturated heterocycles. The molecule has 5 nitrogen and oxygen atoms in total. The highest BCUT2D eigenvalue weighted by atomic mass is 35.5. The first-order valence-electron chi connectivity index (χ1n) is 8.74. The van der Waals surface area contributed by atoms with Crippen molar-refractivity contribution in [1.82, 2.24) is 0 Å². The number of anilines is 1. The average Bonchev–Trinajstić information content (AvgIpc) is 3.21. The molecule has 1 saturated carbocycles. The van der Waals surface area contributed by atoms with Gasteiger partial charge in [0.1, 0.15) is 5.75 Å². The number of nitrogens with one attached hydrogen (secondary N) is 1. The maximum absolute atomic E-state index is 12.2. The molecule has 0 atom stereocenters. The van der Waals surface area contributed by atoms with E-state index >= 15 is 0 Å². The van der Waals surface area contributed by atoms with Gasteiger partial charge < -0.3 is 19.5 Å². The molecule has 2 aromatic rings. The van der Waals surface area contributed by atoms with Gasteiger partial charge in [-0.25, -0.2) is 0 Å². The maximum Gasteiger partial charge on any atom is 0.262 e. The third-order valence-electron chi connectivity index (χ3n) is 4.63. The molecule has 1 spiro atoms. The Bertz CT molecular complexity index is 846. The van der Waals surface area contributed by atoms with Gasteiger partial charge in [0, 0.05) is 24.6 Å². The van der Waals surface area contributed by atoms with E-state index in [-0.39, 0.29) is 12.5 Å². The molecule has 0 radical (unpaired) electrons. The van der Waals surface area contributed by atoms with Crippen molar-refractivity contribution >= 4 is 23.2 Å². The van der Waals surface area contributed by atoms with Crippen molar-refractivity contribution in [3.05, 3.63) is 47.0 Å². The smallest absolute Gasteiger partial charge is 0.262 e. The molecular formula is C20H20ClNO4. The lowest BCUT2D eigenvalue weighted by molar-refractivity contribution is -0.118. The first-order valence-corrected chi connectivity index (χ1v) is 9.12. The Morgan fingerprint density at radius 1 is 1.15 bits per heavy atom. The van der Waals surface area contributed by atoms with E-state index in [0.717, 1.165) is 37.0 Å². The largest absolute Gasteiger partial charge is 0.482 e. The predicted molar refractivity (Wildman–Crippen MR) is 99.2 cm³/mol. The van der Waals surface area contributed by atoms with E-state index in [0.29, 0.717) is 22.2 Å². The molecular weight excluding hydrogens is 354 g/mol. The molecule has 1 aliphatic carbocycles. The fourth-order valence-electron chi connectivity index (χ4n) is 3.35. The van der Waals surface area contributed by atoms with E-state index in [1.807, 2.05) is 19.1 Å². The van der Waals surface area contributed by atoms with Gasteiger partial charge >= 0.3 is 0 Å². The second-order valence-corrected chi connectivity index (χ2v) is 7.16. The highest BCUT2D eigenvalue weighted by Gasteiger charge is 2.44. The summed E-state index contributed by atoms with van der Waals surface area (Å²) in [4.78, 5) is 12.2. The number of fused-ring (bicyclic) bond motifs is 1. The zero-order valence-electron chi connectivity index (χ0n) is 14.5. The normalized spacial score (nSPS) is 16.7. The predicted octanol–water partition coefficient (Wildman–Crippen LogP) is 4.71. The lowest BCUT2D eigenvalue weighted by atomic mass is 10.2. The molecule has 136 valence electrons. The van der Waals surface area contributed by atoms with Crippen LogP contribution in [0.2, 0.25) is 5.02 Å². The van der Waals surface area contributed by atoms with Crippen LogP contribution in [0.5, 0.6) is 17.2 Å². The standard InChI is InChI=1S/C20H20ClNO4/c1-13-4-6-15(21)17(10-13)24-12-19(23)22-14-5-7-16-18(11-14)26-20(25-16)8-2-3-9-20/h4-7,10-11H,2-3,8-9,12H2,1H3,(H,22,23). The third-order valence-corrected chi connectivity index (χ3v) is 4.94. The van der Waals surface area contributed by atoms with E-state index in [1.165, 1.54) is 0 Å². The Morgan fingerprint density at radius 3 is 2.73 bits per heavy atom. The number of benzene rings is 2. The van der Waals surface area contributed by atoms with Gasteiger partial charge in [-0.05, 0) is 49.6 Å². The van der Waals surface area contributed by atoms with E-state index < -0.39 is 5.79 Å². The van der Waals surface area contributed by atoms with Crippen molar-refractivity contribution < 1.29 is 19.0 Å².